The van der Waals surface area contributed by atoms with Crippen LogP contribution in [0, 0.1) is 0 Å². The van der Waals surface area contributed by atoms with Crippen LogP contribution in [0.15, 0.2) is 0 Å². The molecule has 0 bridgehead atoms. The van der Waals surface area contributed by atoms with Gasteiger partial charge in [0.25, 0.3) is 0 Å². The zero-order valence-corrected chi connectivity index (χ0v) is 15.3. The maximum absolute atomic E-state index is 13.0. The topological polar surface area (TPSA) is 69.7 Å². The Hall–Kier alpha value is -0.410. The van der Waals surface area contributed by atoms with Crippen LogP contribution >= 0.6 is 0 Å². The van der Waals surface area contributed by atoms with Crippen molar-refractivity contribution in [1.29, 1.82) is 0 Å². The molecule has 0 radical (unpaired) electrons. The number of rotatable bonds is 7. The van der Waals surface area contributed by atoms with Gasteiger partial charge in [-0.2, -0.15) is 47.9 Å². The minimum absolute atomic E-state index is 0. The van der Waals surface area contributed by atoms with E-state index in [1.165, 1.54) is 0 Å². The summed E-state index contributed by atoms with van der Waals surface area (Å²) >= 11 is 0. The van der Waals surface area contributed by atoms with Crippen molar-refractivity contribution in [2.24, 2.45) is 0 Å². The normalized spacial score (nSPS) is 13.8. The second-order valence-electron chi connectivity index (χ2n) is 4.13. The third-order valence-corrected chi connectivity index (χ3v) is 3.49. The SMILES string of the molecule is CCS(=O)(=O)OC(=O)OCCC(F)(F)C(F)(F)C(F)(F)C(F)(F)F.[H-].[Na+]. The van der Waals surface area contributed by atoms with Crippen molar-refractivity contribution < 1.29 is 92.6 Å². The van der Waals surface area contributed by atoms with Gasteiger partial charge in [0.2, 0.25) is 0 Å². The summed E-state index contributed by atoms with van der Waals surface area (Å²) in [6.45, 7) is -0.814. The number of alkyl halides is 9. The Bertz CT molecular complexity index is 566. The molecule has 0 unspecified atom stereocenters. The van der Waals surface area contributed by atoms with Gasteiger partial charge in [-0.3, -0.25) is 0 Å². The molecule has 0 saturated heterocycles. The van der Waals surface area contributed by atoms with Gasteiger partial charge in [0.1, 0.15) is 6.61 Å². The van der Waals surface area contributed by atoms with E-state index in [1.807, 2.05) is 0 Å². The van der Waals surface area contributed by atoms with Crippen LogP contribution in [-0.2, 0) is 19.0 Å². The zero-order chi connectivity index (χ0) is 19.6. The maximum atomic E-state index is 13.0. The largest absolute Gasteiger partial charge is 1.00 e. The van der Waals surface area contributed by atoms with Crippen molar-refractivity contribution in [3.05, 3.63) is 0 Å². The Labute approximate surface area is 158 Å². The van der Waals surface area contributed by atoms with E-state index in [9.17, 15) is 52.7 Å². The van der Waals surface area contributed by atoms with E-state index in [1.54, 1.807) is 0 Å². The van der Waals surface area contributed by atoms with Crippen molar-refractivity contribution in [3.63, 3.8) is 0 Å². The first-order valence-electron chi connectivity index (χ1n) is 5.70. The molecule has 0 spiro atoms. The fraction of sp³-hybridized carbons (Fsp3) is 0.889. The fourth-order valence-corrected chi connectivity index (χ4v) is 1.39. The molecule has 146 valence electrons. The van der Waals surface area contributed by atoms with Crippen LogP contribution < -0.4 is 29.6 Å². The van der Waals surface area contributed by atoms with E-state index in [-0.39, 0.29) is 31.0 Å². The van der Waals surface area contributed by atoms with Crippen molar-refractivity contribution in [2.75, 3.05) is 12.4 Å². The number of carbonyl (C=O) groups is 1. The summed E-state index contributed by atoms with van der Waals surface area (Å²) in [4.78, 5) is 10.7. The molecule has 0 aromatic carbocycles. The summed E-state index contributed by atoms with van der Waals surface area (Å²) in [5, 5.41) is 0. The van der Waals surface area contributed by atoms with Crippen molar-refractivity contribution in [2.45, 2.75) is 37.3 Å². The molecular weight excluding hydrogens is 414 g/mol. The van der Waals surface area contributed by atoms with E-state index >= 15 is 0 Å². The molecule has 25 heavy (non-hydrogen) atoms. The summed E-state index contributed by atoms with van der Waals surface area (Å²) in [7, 11) is -4.43. The summed E-state index contributed by atoms with van der Waals surface area (Å²) in [5.74, 6) is -20.6. The first kappa shape index (κ1) is 26.8. The molecule has 0 atom stereocenters. The number of carbonyl (C=O) groups excluding carboxylic acids is 1. The molecule has 0 aromatic heterocycles. The Morgan fingerprint density at radius 3 is 1.76 bits per heavy atom. The molecule has 0 saturated carbocycles. The summed E-state index contributed by atoms with van der Waals surface area (Å²) in [6, 6.07) is 0. The standard InChI is InChI=1S/C9H9F9O5S.Na.H/c1-2-24(20,21)23-5(19)22-4-3-6(10,11)7(12,13)8(14,15)9(16,17)18;;/h2-4H2,1H3;;/q;+1;-1. The predicted molar refractivity (Wildman–Crippen MR) is 58.5 cm³/mol. The molecule has 0 aliphatic carbocycles. The third-order valence-electron chi connectivity index (χ3n) is 2.39. The average molecular weight is 424 g/mol. The Morgan fingerprint density at radius 1 is 0.960 bits per heavy atom. The minimum Gasteiger partial charge on any atom is -1.00 e. The van der Waals surface area contributed by atoms with Gasteiger partial charge in [0, 0.05) is 0 Å². The molecule has 5 nitrogen and oxygen atoms in total. The van der Waals surface area contributed by atoms with E-state index in [2.05, 4.69) is 8.92 Å². The summed E-state index contributed by atoms with van der Waals surface area (Å²) < 4.78 is 141. The Balaban J connectivity index is -0.00000264. The van der Waals surface area contributed by atoms with Gasteiger partial charge in [0.15, 0.2) is 0 Å². The van der Waals surface area contributed by atoms with Crippen molar-refractivity contribution >= 4 is 16.3 Å². The molecule has 0 aromatic rings. The molecular formula is C9H10F9NaO5S. The van der Waals surface area contributed by atoms with Crippen LogP contribution in [0.3, 0.4) is 0 Å². The van der Waals surface area contributed by atoms with Crippen LogP contribution in [0.2, 0.25) is 0 Å². The average Bonchev–Trinajstić information content (AvgIpc) is 2.36. The Kier molecular flexibility index (Phi) is 9.14. The van der Waals surface area contributed by atoms with Crippen LogP contribution in [0.25, 0.3) is 0 Å². The summed E-state index contributed by atoms with van der Waals surface area (Å²) in [5.41, 5.74) is 0. The molecule has 0 aliphatic rings. The Morgan fingerprint density at radius 2 is 1.40 bits per heavy atom. The quantitative estimate of drug-likeness (QED) is 0.257. The van der Waals surface area contributed by atoms with Gasteiger partial charge in [0.05, 0.1) is 12.2 Å². The third kappa shape index (κ3) is 6.36. The van der Waals surface area contributed by atoms with Gasteiger partial charge in [-0.15, -0.1) is 0 Å². The minimum atomic E-state index is -7.06. The van der Waals surface area contributed by atoms with Gasteiger partial charge in [-0.1, -0.05) is 0 Å². The molecule has 0 fully saturated rings. The zero-order valence-electron chi connectivity index (χ0n) is 13.5. The van der Waals surface area contributed by atoms with Crippen LogP contribution in [-0.4, -0.2) is 50.9 Å². The van der Waals surface area contributed by atoms with Crippen molar-refractivity contribution in [1.82, 2.24) is 0 Å². The first-order valence-corrected chi connectivity index (χ1v) is 7.28. The molecule has 0 aliphatic heterocycles. The second-order valence-corrected chi connectivity index (χ2v) is 5.99. The van der Waals surface area contributed by atoms with Gasteiger partial charge in [-0.05, 0) is 6.92 Å². The van der Waals surface area contributed by atoms with Crippen LogP contribution in [0.5, 0.6) is 0 Å². The smallest absolute Gasteiger partial charge is 1.00 e. The van der Waals surface area contributed by atoms with Gasteiger partial charge >= 0.3 is 69.8 Å². The molecule has 16 heteroatoms. The molecule has 0 amide bonds. The van der Waals surface area contributed by atoms with Crippen molar-refractivity contribution in [3.8, 4) is 0 Å². The van der Waals surface area contributed by atoms with Crippen LogP contribution in [0.4, 0.5) is 44.3 Å². The van der Waals surface area contributed by atoms with E-state index < -0.39 is 59.0 Å². The van der Waals surface area contributed by atoms with Gasteiger partial charge in [-0.25, -0.2) is 4.79 Å². The predicted octanol–water partition coefficient (Wildman–Crippen LogP) is 0.464. The fourth-order valence-electron chi connectivity index (χ4n) is 1.01. The monoisotopic (exact) mass is 424 g/mol. The van der Waals surface area contributed by atoms with Gasteiger partial charge < -0.3 is 10.3 Å². The number of hydrogen-bond acceptors (Lipinski definition) is 5. The molecule has 0 heterocycles. The number of hydrogen-bond donors (Lipinski definition) is 0. The molecule has 0 N–H and O–H groups in total. The maximum Gasteiger partial charge on any atom is 1.00 e. The molecule has 0 rings (SSSR count). The first-order chi connectivity index (χ1) is 10.4. The van der Waals surface area contributed by atoms with Crippen LogP contribution in [0.1, 0.15) is 14.8 Å². The van der Waals surface area contributed by atoms with E-state index in [4.69, 9.17) is 0 Å². The number of ether oxygens (including phenoxy) is 1. The second kappa shape index (κ2) is 8.52. The number of halogens is 9. The van der Waals surface area contributed by atoms with E-state index in [0.717, 1.165) is 6.92 Å². The summed E-state index contributed by atoms with van der Waals surface area (Å²) in [6.07, 6.45) is -11.6. The van der Waals surface area contributed by atoms with E-state index in [0.29, 0.717) is 0 Å².